The monoisotopic (exact) mass is 202 g/mol. The Morgan fingerprint density at radius 3 is 2.64 bits per heavy atom. The van der Waals surface area contributed by atoms with Crippen LogP contribution in [0.3, 0.4) is 0 Å². The zero-order chi connectivity index (χ0) is 9.10. The van der Waals surface area contributed by atoms with Crippen molar-refractivity contribution in [1.82, 2.24) is 0 Å². The van der Waals surface area contributed by atoms with Gasteiger partial charge in [-0.3, -0.25) is 0 Å². The molecule has 1 aromatic carbocycles. The average molecular weight is 202 g/mol. The van der Waals surface area contributed by atoms with E-state index in [1.807, 2.05) is 0 Å². The molecule has 1 nitrogen and oxygen atoms in total. The fourth-order valence-electron chi connectivity index (χ4n) is 1.75. The number of hydrogen-bond donors (Lipinski definition) is 0. The van der Waals surface area contributed by atoms with Crippen molar-refractivity contribution in [3.05, 3.63) is 29.8 Å². The van der Waals surface area contributed by atoms with Crippen molar-refractivity contribution in [3.63, 3.8) is 0 Å². The van der Waals surface area contributed by atoms with Gasteiger partial charge >= 0.3 is 0 Å². The van der Waals surface area contributed by atoms with Gasteiger partial charge in [0.25, 0.3) is 0 Å². The molecule has 0 amide bonds. The summed E-state index contributed by atoms with van der Waals surface area (Å²) in [6.45, 7) is 3.16. The standard InChI is InChI=1S/C11H15OSi.B/c1-10-6-2-3-7-11(10)13-9-5-4-8-12-13;/h2-3,6-7H,4-5,8-9H2,1H3;. The van der Waals surface area contributed by atoms with Crippen molar-refractivity contribution in [2.45, 2.75) is 25.8 Å². The predicted octanol–water partition coefficient (Wildman–Crippen LogP) is 1.62. The molecule has 1 aromatic rings. The number of benzene rings is 1. The van der Waals surface area contributed by atoms with Crippen LogP contribution in [-0.4, -0.2) is 24.1 Å². The minimum Gasteiger partial charge on any atom is -0.412 e. The van der Waals surface area contributed by atoms with Crippen LogP contribution >= 0.6 is 0 Å². The van der Waals surface area contributed by atoms with Crippen LogP contribution in [0.15, 0.2) is 24.3 Å². The van der Waals surface area contributed by atoms with Crippen LogP contribution < -0.4 is 5.19 Å². The maximum atomic E-state index is 5.85. The molecule has 72 valence electrons. The first-order chi connectivity index (χ1) is 6.38. The quantitative estimate of drug-likeness (QED) is 0.629. The SMILES string of the molecule is Cc1ccccc1[Si]1CCCCO1.[B]. The van der Waals surface area contributed by atoms with Crippen LogP contribution in [0.5, 0.6) is 0 Å². The summed E-state index contributed by atoms with van der Waals surface area (Å²) in [5.74, 6) is 0. The molecule has 2 rings (SSSR count). The van der Waals surface area contributed by atoms with E-state index in [9.17, 15) is 0 Å². The lowest BCUT2D eigenvalue weighted by Gasteiger charge is -2.21. The molecule has 0 bridgehead atoms. The van der Waals surface area contributed by atoms with Crippen LogP contribution in [-0.2, 0) is 4.43 Å². The van der Waals surface area contributed by atoms with E-state index in [2.05, 4.69) is 31.2 Å². The highest BCUT2D eigenvalue weighted by Crippen LogP contribution is 2.12. The molecule has 0 aliphatic carbocycles. The Morgan fingerprint density at radius 1 is 1.21 bits per heavy atom. The lowest BCUT2D eigenvalue weighted by atomic mass is 10.2. The molecule has 0 unspecified atom stereocenters. The van der Waals surface area contributed by atoms with Crippen LogP contribution in [0.2, 0.25) is 6.04 Å². The van der Waals surface area contributed by atoms with E-state index in [1.54, 1.807) is 0 Å². The van der Waals surface area contributed by atoms with Gasteiger partial charge in [0.2, 0.25) is 9.04 Å². The number of rotatable bonds is 1. The van der Waals surface area contributed by atoms with Gasteiger partial charge in [-0.1, -0.05) is 30.7 Å². The van der Waals surface area contributed by atoms with E-state index in [-0.39, 0.29) is 8.41 Å². The minimum atomic E-state index is -0.656. The van der Waals surface area contributed by atoms with Gasteiger partial charge < -0.3 is 4.43 Å². The van der Waals surface area contributed by atoms with Crippen LogP contribution in [0, 0.1) is 6.92 Å². The Balaban J connectivity index is 0.000000980. The van der Waals surface area contributed by atoms with Crippen molar-refractivity contribution < 1.29 is 4.43 Å². The van der Waals surface area contributed by atoms with Crippen LogP contribution in [0.1, 0.15) is 18.4 Å². The third kappa shape index (κ3) is 2.49. The van der Waals surface area contributed by atoms with Gasteiger partial charge in [-0.15, -0.1) is 0 Å². The van der Waals surface area contributed by atoms with E-state index in [4.69, 9.17) is 4.43 Å². The summed E-state index contributed by atoms with van der Waals surface area (Å²) in [6, 6.07) is 9.93. The Hall–Kier alpha value is -0.538. The molecule has 0 aromatic heterocycles. The van der Waals surface area contributed by atoms with E-state index in [1.165, 1.54) is 29.6 Å². The molecule has 0 spiro atoms. The Kier molecular flexibility index (Phi) is 4.42. The molecule has 4 radical (unpaired) electrons. The fourth-order valence-corrected chi connectivity index (χ4v) is 4.09. The third-order valence-electron chi connectivity index (χ3n) is 2.52. The third-order valence-corrected chi connectivity index (χ3v) is 5.04. The minimum absolute atomic E-state index is 0. The van der Waals surface area contributed by atoms with Gasteiger partial charge in [0, 0.05) is 15.0 Å². The van der Waals surface area contributed by atoms with Gasteiger partial charge in [0.1, 0.15) is 0 Å². The van der Waals surface area contributed by atoms with Gasteiger partial charge in [0.05, 0.1) is 0 Å². The Bertz CT molecular complexity index is 284. The fraction of sp³-hybridized carbons (Fsp3) is 0.455. The van der Waals surface area contributed by atoms with Gasteiger partial charge in [-0.05, 0) is 30.1 Å². The molecule has 14 heavy (non-hydrogen) atoms. The summed E-state index contributed by atoms with van der Waals surface area (Å²) in [5, 5.41) is 1.48. The Labute approximate surface area is 89.8 Å². The van der Waals surface area contributed by atoms with E-state index >= 15 is 0 Å². The Morgan fingerprint density at radius 2 is 2.00 bits per heavy atom. The van der Waals surface area contributed by atoms with Crippen molar-refractivity contribution >= 4 is 22.6 Å². The first-order valence-electron chi connectivity index (χ1n) is 4.92. The summed E-state index contributed by atoms with van der Waals surface area (Å²) in [7, 11) is -0.656. The topological polar surface area (TPSA) is 9.23 Å². The van der Waals surface area contributed by atoms with Crippen molar-refractivity contribution in [2.24, 2.45) is 0 Å². The predicted molar refractivity (Wildman–Crippen MR) is 62.3 cm³/mol. The van der Waals surface area contributed by atoms with Gasteiger partial charge in [-0.25, -0.2) is 0 Å². The summed E-state index contributed by atoms with van der Waals surface area (Å²) >= 11 is 0. The van der Waals surface area contributed by atoms with Crippen LogP contribution in [0.25, 0.3) is 0 Å². The zero-order valence-electron chi connectivity index (χ0n) is 8.62. The average Bonchev–Trinajstić information content (AvgIpc) is 2.20. The van der Waals surface area contributed by atoms with Crippen molar-refractivity contribution in [1.29, 1.82) is 0 Å². The second kappa shape index (κ2) is 5.37. The number of hydrogen-bond acceptors (Lipinski definition) is 1. The van der Waals surface area contributed by atoms with Gasteiger partial charge in [-0.2, -0.15) is 0 Å². The van der Waals surface area contributed by atoms with E-state index < -0.39 is 9.04 Å². The zero-order valence-corrected chi connectivity index (χ0v) is 9.62. The molecule has 0 saturated carbocycles. The maximum absolute atomic E-state index is 5.85. The normalized spacial score (nSPS) is 17.5. The molecule has 1 aliphatic heterocycles. The largest absolute Gasteiger partial charge is 0.412 e. The highest BCUT2D eigenvalue weighted by molar-refractivity contribution is 6.68. The molecule has 1 heterocycles. The molecular weight excluding hydrogens is 187 g/mol. The second-order valence-corrected chi connectivity index (χ2v) is 5.72. The van der Waals surface area contributed by atoms with Crippen molar-refractivity contribution in [3.8, 4) is 0 Å². The molecule has 1 fully saturated rings. The molecular formula is C11H15BOSi. The van der Waals surface area contributed by atoms with Gasteiger partial charge in [0.15, 0.2) is 0 Å². The first kappa shape index (κ1) is 11.5. The first-order valence-corrected chi connectivity index (χ1v) is 6.54. The molecule has 1 saturated heterocycles. The maximum Gasteiger partial charge on any atom is 0.246 e. The lowest BCUT2D eigenvalue weighted by Crippen LogP contribution is -2.37. The molecule has 0 N–H and O–H groups in total. The summed E-state index contributed by atoms with van der Waals surface area (Å²) in [4.78, 5) is 0. The molecule has 0 atom stereocenters. The molecule has 1 aliphatic rings. The smallest absolute Gasteiger partial charge is 0.246 e. The van der Waals surface area contributed by atoms with E-state index in [0.717, 1.165) is 6.61 Å². The van der Waals surface area contributed by atoms with Crippen molar-refractivity contribution in [2.75, 3.05) is 6.61 Å². The second-order valence-electron chi connectivity index (χ2n) is 3.54. The highest BCUT2D eigenvalue weighted by Gasteiger charge is 2.20. The summed E-state index contributed by atoms with van der Waals surface area (Å²) in [5.41, 5.74) is 1.40. The molecule has 3 heteroatoms. The lowest BCUT2D eigenvalue weighted by molar-refractivity contribution is 0.294. The van der Waals surface area contributed by atoms with Crippen LogP contribution in [0.4, 0.5) is 0 Å². The summed E-state index contributed by atoms with van der Waals surface area (Å²) < 4.78 is 5.85. The summed E-state index contributed by atoms with van der Waals surface area (Å²) in [6.07, 6.45) is 2.60. The number of aryl methyl sites for hydroxylation is 1. The van der Waals surface area contributed by atoms with E-state index in [0.29, 0.717) is 0 Å². The highest BCUT2D eigenvalue weighted by atomic mass is 28.3.